The van der Waals surface area contributed by atoms with Crippen LogP contribution in [0.2, 0.25) is 0 Å². The van der Waals surface area contributed by atoms with E-state index in [4.69, 9.17) is 4.42 Å². The monoisotopic (exact) mass is 289 g/mol. The van der Waals surface area contributed by atoms with E-state index in [1.165, 1.54) is 11.1 Å². The van der Waals surface area contributed by atoms with Crippen LogP contribution in [0.5, 0.6) is 0 Å². The molecule has 1 N–H and O–H groups in total. The number of benzene rings is 2. The van der Waals surface area contributed by atoms with Crippen molar-refractivity contribution in [1.29, 1.82) is 0 Å². The molecule has 1 heterocycles. The molecule has 22 heavy (non-hydrogen) atoms. The van der Waals surface area contributed by atoms with Crippen LogP contribution < -0.4 is 5.32 Å². The van der Waals surface area contributed by atoms with Crippen molar-refractivity contribution < 1.29 is 9.21 Å². The molecule has 1 aliphatic rings. The summed E-state index contributed by atoms with van der Waals surface area (Å²) in [6.07, 6.45) is 1.54. The number of carbonyl (C=O) groups excluding carboxylic acids is 1. The number of hydrogen-bond acceptors (Lipinski definition) is 2. The summed E-state index contributed by atoms with van der Waals surface area (Å²) in [5.41, 5.74) is 5.23. The highest BCUT2D eigenvalue weighted by Crippen LogP contribution is 2.43. The highest BCUT2D eigenvalue weighted by Gasteiger charge is 2.29. The van der Waals surface area contributed by atoms with Crippen LogP contribution in [0, 0.1) is 6.92 Å². The molecule has 3 heteroatoms. The molecule has 1 amide bonds. The Morgan fingerprint density at radius 1 is 0.955 bits per heavy atom. The van der Waals surface area contributed by atoms with Gasteiger partial charge in [-0.3, -0.25) is 4.79 Å². The van der Waals surface area contributed by atoms with Crippen molar-refractivity contribution in [3.05, 3.63) is 83.3 Å². The Morgan fingerprint density at radius 2 is 1.55 bits per heavy atom. The van der Waals surface area contributed by atoms with E-state index < -0.39 is 0 Å². The number of fused-ring (bicyclic) bond motifs is 3. The molecular formula is C19H15NO2. The molecule has 0 saturated heterocycles. The zero-order chi connectivity index (χ0) is 15.1. The van der Waals surface area contributed by atoms with E-state index in [2.05, 4.69) is 29.6 Å². The molecule has 0 aliphatic heterocycles. The summed E-state index contributed by atoms with van der Waals surface area (Å²) < 4.78 is 5.23. The van der Waals surface area contributed by atoms with E-state index >= 15 is 0 Å². The van der Waals surface area contributed by atoms with E-state index in [-0.39, 0.29) is 11.9 Å². The van der Waals surface area contributed by atoms with Gasteiger partial charge in [0.25, 0.3) is 5.91 Å². The largest absolute Gasteiger partial charge is 0.469 e. The van der Waals surface area contributed by atoms with Crippen LogP contribution in [-0.2, 0) is 0 Å². The quantitative estimate of drug-likeness (QED) is 0.772. The van der Waals surface area contributed by atoms with E-state index in [9.17, 15) is 4.79 Å². The summed E-state index contributed by atoms with van der Waals surface area (Å²) in [5, 5.41) is 3.14. The fraction of sp³-hybridized carbons (Fsp3) is 0.105. The molecule has 108 valence electrons. The number of hydrogen-bond donors (Lipinski definition) is 1. The summed E-state index contributed by atoms with van der Waals surface area (Å²) in [4.78, 5) is 12.5. The van der Waals surface area contributed by atoms with Gasteiger partial charge in [0.1, 0.15) is 5.76 Å². The maximum absolute atomic E-state index is 12.5. The molecule has 3 nitrogen and oxygen atoms in total. The highest BCUT2D eigenvalue weighted by atomic mass is 16.3. The fourth-order valence-corrected chi connectivity index (χ4v) is 3.14. The van der Waals surface area contributed by atoms with Crippen molar-refractivity contribution in [2.45, 2.75) is 13.0 Å². The fourth-order valence-electron chi connectivity index (χ4n) is 3.14. The average Bonchev–Trinajstić information content (AvgIpc) is 3.11. The molecule has 0 radical (unpaired) electrons. The van der Waals surface area contributed by atoms with Crippen LogP contribution in [0.15, 0.2) is 65.3 Å². The number of aryl methyl sites for hydroxylation is 1. The molecule has 0 unspecified atom stereocenters. The second-order valence-electron chi connectivity index (χ2n) is 5.47. The number of carbonyl (C=O) groups is 1. The van der Waals surface area contributed by atoms with Gasteiger partial charge >= 0.3 is 0 Å². The molecule has 0 fully saturated rings. The smallest absolute Gasteiger partial charge is 0.255 e. The van der Waals surface area contributed by atoms with Crippen LogP contribution in [0.25, 0.3) is 11.1 Å². The van der Waals surface area contributed by atoms with Gasteiger partial charge in [0.05, 0.1) is 17.9 Å². The minimum Gasteiger partial charge on any atom is -0.469 e. The summed E-state index contributed by atoms with van der Waals surface area (Å²) in [7, 11) is 0. The van der Waals surface area contributed by atoms with Crippen LogP contribution in [0.3, 0.4) is 0 Å². The third-order valence-corrected chi connectivity index (χ3v) is 4.21. The van der Waals surface area contributed by atoms with Crippen molar-refractivity contribution in [2.24, 2.45) is 0 Å². The van der Waals surface area contributed by atoms with Gasteiger partial charge in [0.15, 0.2) is 0 Å². The van der Waals surface area contributed by atoms with Gasteiger partial charge in [-0.1, -0.05) is 48.5 Å². The molecule has 2 aromatic carbocycles. The number of nitrogens with one attached hydrogen (secondary N) is 1. The number of rotatable bonds is 2. The topological polar surface area (TPSA) is 42.2 Å². The summed E-state index contributed by atoms with van der Waals surface area (Å²) >= 11 is 0. The van der Waals surface area contributed by atoms with Crippen LogP contribution >= 0.6 is 0 Å². The van der Waals surface area contributed by atoms with Crippen molar-refractivity contribution in [3.63, 3.8) is 0 Å². The predicted octanol–water partition coefficient (Wildman–Crippen LogP) is 4.09. The number of amides is 1. The second-order valence-corrected chi connectivity index (χ2v) is 5.47. The SMILES string of the molecule is Cc1occc1C(=O)NC1c2ccccc2-c2ccccc21. The van der Waals surface area contributed by atoms with Gasteiger partial charge in [0.2, 0.25) is 0 Å². The first-order chi connectivity index (χ1) is 10.8. The zero-order valence-electron chi connectivity index (χ0n) is 12.2. The molecule has 0 spiro atoms. The van der Waals surface area contributed by atoms with Gasteiger partial charge in [-0.05, 0) is 35.2 Å². The maximum Gasteiger partial charge on any atom is 0.255 e. The summed E-state index contributed by atoms with van der Waals surface area (Å²) in [5.74, 6) is 0.528. The Balaban J connectivity index is 1.76. The van der Waals surface area contributed by atoms with Crippen LogP contribution in [-0.4, -0.2) is 5.91 Å². The Hall–Kier alpha value is -2.81. The predicted molar refractivity (Wildman–Crippen MR) is 84.6 cm³/mol. The lowest BCUT2D eigenvalue weighted by molar-refractivity contribution is 0.0942. The van der Waals surface area contributed by atoms with E-state index in [1.54, 1.807) is 19.3 Å². The highest BCUT2D eigenvalue weighted by molar-refractivity contribution is 5.96. The lowest BCUT2D eigenvalue weighted by Crippen LogP contribution is -2.28. The number of furan rings is 1. The molecule has 0 bridgehead atoms. The van der Waals surface area contributed by atoms with Gasteiger partial charge in [-0.2, -0.15) is 0 Å². The molecule has 3 aromatic rings. The average molecular weight is 289 g/mol. The van der Waals surface area contributed by atoms with E-state index in [0.717, 1.165) is 11.1 Å². The third-order valence-electron chi connectivity index (χ3n) is 4.21. The Kier molecular flexibility index (Phi) is 2.86. The summed E-state index contributed by atoms with van der Waals surface area (Å²) in [6.45, 7) is 1.80. The minimum atomic E-state index is -0.116. The van der Waals surface area contributed by atoms with Gasteiger partial charge in [-0.25, -0.2) is 0 Å². The molecule has 1 aromatic heterocycles. The van der Waals surface area contributed by atoms with Crippen molar-refractivity contribution >= 4 is 5.91 Å². The standard InChI is InChI=1S/C19H15NO2/c1-12-13(10-11-22-12)19(21)20-18-16-8-4-2-6-14(16)15-7-3-5-9-17(15)18/h2-11,18H,1H3,(H,20,21). The Morgan fingerprint density at radius 3 is 2.09 bits per heavy atom. The normalized spacial score (nSPS) is 12.8. The first-order valence-corrected chi connectivity index (χ1v) is 7.29. The first-order valence-electron chi connectivity index (χ1n) is 7.29. The lowest BCUT2D eigenvalue weighted by atomic mass is 10.0. The van der Waals surface area contributed by atoms with Crippen LogP contribution in [0.1, 0.15) is 33.3 Å². The molecule has 0 saturated carbocycles. The van der Waals surface area contributed by atoms with Crippen molar-refractivity contribution in [1.82, 2.24) is 5.32 Å². The molecule has 0 atom stereocenters. The van der Waals surface area contributed by atoms with Crippen molar-refractivity contribution in [2.75, 3.05) is 0 Å². The summed E-state index contributed by atoms with van der Waals surface area (Å²) in [6, 6.07) is 18.0. The minimum absolute atomic E-state index is 0.109. The third kappa shape index (κ3) is 1.86. The van der Waals surface area contributed by atoms with Gasteiger partial charge in [0, 0.05) is 0 Å². The van der Waals surface area contributed by atoms with E-state index in [0.29, 0.717) is 11.3 Å². The zero-order valence-corrected chi connectivity index (χ0v) is 12.2. The second kappa shape index (κ2) is 4.88. The van der Waals surface area contributed by atoms with E-state index in [1.807, 2.05) is 24.3 Å². The van der Waals surface area contributed by atoms with Gasteiger partial charge in [-0.15, -0.1) is 0 Å². The Labute approximate surface area is 128 Å². The first kappa shape index (κ1) is 12.9. The van der Waals surface area contributed by atoms with Crippen molar-refractivity contribution in [3.8, 4) is 11.1 Å². The maximum atomic E-state index is 12.5. The molecular weight excluding hydrogens is 274 g/mol. The Bertz CT molecular complexity index is 818. The lowest BCUT2D eigenvalue weighted by Gasteiger charge is -2.15. The molecule has 1 aliphatic carbocycles. The van der Waals surface area contributed by atoms with Gasteiger partial charge < -0.3 is 9.73 Å². The molecule has 4 rings (SSSR count). The van der Waals surface area contributed by atoms with Crippen LogP contribution in [0.4, 0.5) is 0 Å².